The summed E-state index contributed by atoms with van der Waals surface area (Å²) >= 11 is 0. The molecule has 1 N–H and O–H groups in total. The lowest BCUT2D eigenvalue weighted by Gasteiger charge is -2.33. The highest BCUT2D eigenvalue weighted by Crippen LogP contribution is 2.33. The van der Waals surface area contributed by atoms with Gasteiger partial charge in [0.25, 0.3) is 0 Å². The van der Waals surface area contributed by atoms with Gasteiger partial charge in [-0.2, -0.15) is 5.10 Å². The molecule has 0 bridgehead atoms. The lowest BCUT2D eigenvalue weighted by molar-refractivity contribution is -0.0998. The molecule has 5 heteroatoms. The molecule has 3 rings (SSSR count). The van der Waals surface area contributed by atoms with Crippen molar-refractivity contribution in [1.29, 1.82) is 0 Å². The number of nitrogens with one attached hydrogen (secondary N) is 1. The zero-order valence-corrected chi connectivity index (χ0v) is 14.1. The number of benzene rings is 1. The fourth-order valence-electron chi connectivity index (χ4n) is 3.01. The SMILES string of the molecule is COC1(c2n[nH]c(Cc3ccc(C(C)C)cc3)n2)CCOCC1. The molecule has 2 heterocycles. The second-order valence-electron chi connectivity index (χ2n) is 6.49. The van der Waals surface area contributed by atoms with Crippen LogP contribution < -0.4 is 0 Å². The van der Waals surface area contributed by atoms with Gasteiger partial charge in [-0.15, -0.1) is 0 Å². The summed E-state index contributed by atoms with van der Waals surface area (Å²) in [7, 11) is 1.73. The number of H-pyrrole nitrogens is 1. The predicted molar refractivity (Wildman–Crippen MR) is 88.5 cm³/mol. The Hall–Kier alpha value is -1.72. The van der Waals surface area contributed by atoms with Crippen LogP contribution in [0.2, 0.25) is 0 Å². The van der Waals surface area contributed by atoms with Crippen molar-refractivity contribution >= 4 is 0 Å². The summed E-state index contributed by atoms with van der Waals surface area (Å²) in [4.78, 5) is 4.68. The molecule has 0 spiro atoms. The van der Waals surface area contributed by atoms with Crippen molar-refractivity contribution < 1.29 is 9.47 Å². The molecule has 0 unspecified atom stereocenters. The smallest absolute Gasteiger partial charge is 0.182 e. The molecule has 1 aromatic carbocycles. The molecule has 0 atom stereocenters. The highest BCUT2D eigenvalue weighted by molar-refractivity contribution is 5.26. The molecule has 0 saturated carbocycles. The van der Waals surface area contributed by atoms with E-state index in [1.165, 1.54) is 11.1 Å². The second-order valence-corrected chi connectivity index (χ2v) is 6.49. The van der Waals surface area contributed by atoms with Gasteiger partial charge < -0.3 is 9.47 Å². The van der Waals surface area contributed by atoms with E-state index in [2.05, 4.69) is 53.3 Å². The Bertz CT molecular complexity index is 628. The van der Waals surface area contributed by atoms with Crippen molar-refractivity contribution in [2.75, 3.05) is 20.3 Å². The molecule has 1 aromatic heterocycles. The van der Waals surface area contributed by atoms with E-state index < -0.39 is 5.60 Å². The molecular formula is C18H25N3O2. The van der Waals surface area contributed by atoms with E-state index in [4.69, 9.17) is 9.47 Å². The Labute approximate surface area is 137 Å². The van der Waals surface area contributed by atoms with Crippen LogP contribution in [0.4, 0.5) is 0 Å². The largest absolute Gasteiger partial charge is 0.381 e. The maximum Gasteiger partial charge on any atom is 0.182 e. The third kappa shape index (κ3) is 3.46. The van der Waals surface area contributed by atoms with Crippen molar-refractivity contribution in [2.45, 2.75) is 44.6 Å². The monoisotopic (exact) mass is 315 g/mol. The number of ether oxygens (including phenoxy) is 2. The van der Waals surface area contributed by atoms with E-state index in [1.807, 2.05) is 0 Å². The second kappa shape index (κ2) is 6.81. The lowest BCUT2D eigenvalue weighted by atomic mass is 9.93. The van der Waals surface area contributed by atoms with Crippen LogP contribution in [0.5, 0.6) is 0 Å². The van der Waals surface area contributed by atoms with Crippen LogP contribution in [0.25, 0.3) is 0 Å². The van der Waals surface area contributed by atoms with Crippen LogP contribution in [-0.2, 0) is 21.5 Å². The highest BCUT2D eigenvalue weighted by atomic mass is 16.5. The van der Waals surface area contributed by atoms with Gasteiger partial charge in [0.15, 0.2) is 5.82 Å². The number of methoxy groups -OCH3 is 1. The Morgan fingerprint density at radius 3 is 2.52 bits per heavy atom. The first-order chi connectivity index (χ1) is 11.1. The molecule has 1 aliphatic heterocycles. The molecule has 0 radical (unpaired) electrons. The molecule has 0 aliphatic carbocycles. The van der Waals surface area contributed by atoms with Crippen LogP contribution in [0.1, 0.15) is 55.4 Å². The normalized spacial score (nSPS) is 17.6. The van der Waals surface area contributed by atoms with Gasteiger partial charge in [-0.1, -0.05) is 38.1 Å². The van der Waals surface area contributed by atoms with E-state index in [0.29, 0.717) is 19.1 Å². The number of aromatic amines is 1. The first kappa shape index (κ1) is 16.1. The minimum atomic E-state index is -0.408. The highest BCUT2D eigenvalue weighted by Gasteiger charge is 2.38. The van der Waals surface area contributed by atoms with Crippen LogP contribution in [0.15, 0.2) is 24.3 Å². The molecule has 1 aliphatic rings. The molecule has 5 nitrogen and oxygen atoms in total. The minimum absolute atomic E-state index is 0.408. The van der Waals surface area contributed by atoms with E-state index in [0.717, 1.165) is 30.9 Å². The Kier molecular flexibility index (Phi) is 4.78. The number of nitrogens with zero attached hydrogens (tertiary/aromatic N) is 2. The molecule has 1 saturated heterocycles. The summed E-state index contributed by atoms with van der Waals surface area (Å²) in [5.74, 6) is 2.17. The fraction of sp³-hybridized carbons (Fsp3) is 0.556. The van der Waals surface area contributed by atoms with Crippen molar-refractivity contribution in [3.05, 3.63) is 47.0 Å². The average molecular weight is 315 g/mol. The molecule has 2 aromatic rings. The third-order valence-electron chi connectivity index (χ3n) is 4.65. The van der Waals surface area contributed by atoms with Crippen LogP contribution >= 0.6 is 0 Å². The van der Waals surface area contributed by atoms with Gasteiger partial charge in [0.05, 0.1) is 0 Å². The predicted octanol–water partition coefficient (Wildman–Crippen LogP) is 3.17. The topological polar surface area (TPSA) is 60.0 Å². The zero-order valence-electron chi connectivity index (χ0n) is 14.1. The van der Waals surface area contributed by atoms with Crippen LogP contribution in [-0.4, -0.2) is 35.5 Å². The first-order valence-corrected chi connectivity index (χ1v) is 8.26. The van der Waals surface area contributed by atoms with Gasteiger partial charge >= 0.3 is 0 Å². The van der Waals surface area contributed by atoms with Gasteiger partial charge in [0, 0.05) is 39.6 Å². The summed E-state index contributed by atoms with van der Waals surface area (Å²) in [6, 6.07) is 8.70. The van der Waals surface area contributed by atoms with Gasteiger partial charge in [0.2, 0.25) is 0 Å². The first-order valence-electron chi connectivity index (χ1n) is 8.26. The van der Waals surface area contributed by atoms with Gasteiger partial charge in [-0.3, -0.25) is 5.10 Å². The lowest BCUT2D eigenvalue weighted by Crippen LogP contribution is -2.36. The van der Waals surface area contributed by atoms with Gasteiger partial charge in [0.1, 0.15) is 11.4 Å². The van der Waals surface area contributed by atoms with E-state index in [9.17, 15) is 0 Å². The summed E-state index contributed by atoms with van der Waals surface area (Å²) in [6.07, 6.45) is 2.34. The molecule has 1 fully saturated rings. The van der Waals surface area contributed by atoms with E-state index in [1.54, 1.807) is 7.11 Å². The van der Waals surface area contributed by atoms with Crippen molar-refractivity contribution in [3.63, 3.8) is 0 Å². The third-order valence-corrected chi connectivity index (χ3v) is 4.65. The molecule has 23 heavy (non-hydrogen) atoms. The molecule has 124 valence electrons. The zero-order chi connectivity index (χ0) is 16.3. The van der Waals surface area contributed by atoms with E-state index in [-0.39, 0.29) is 0 Å². The molecule has 0 amide bonds. The van der Waals surface area contributed by atoms with Crippen molar-refractivity contribution in [1.82, 2.24) is 15.2 Å². The maximum absolute atomic E-state index is 5.75. The Morgan fingerprint density at radius 1 is 1.22 bits per heavy atom. The van der Waals surface area contributed by atoms with Gasteiger partial charge in [-0.05, 0) is 17.0 Å². The molecular weight excluding hydrogens is 290 g/mol. The fourth-order valence-corrected chi connectivity index (χ4v) is 3.01. The van der Waals surface area contributed by atoms with Crippen LogP contribution in [0.3, 0.4) is 0 Å². The van der Waals surface area contributed by atoms with E-state index >= 15 is 0 Å². The maximum atomic E-state index is 5.75. The quantitative estimate of drug-likeness (QED) is 0.920. The minimum Gasteiger partial charge on any atom is -0.381 e. The van der Waals surface area contributed by atoms with Gasteiger partial charge in [-0.25, -0.2) is 4.98 Å². The summed E-state index contributed by atoms with van der Waals surface area (Å²) in [5.41, 5.74) is 2.18. The summed E-state index contributed by atoms with van der Waals surface area (Å²) in [5, 5.41) is 7.47. The van der Waals surface area contributed by atoms with Crippen molar-refractivity contribution in [2.24, 2.45) is 0 Å². The number of hydrogen-bond acceptors (Lipinski definition) is 4. The summed E-state index contributed by atoms with van der Waals surface area (Å²) < 4.78 is 11.2. The standard InChI is InChI=1S/C18H25N3O2/c1-13(2)15-6-4-14(5-7-15)12-16-19-17(21-20-16)18(22-3)8-10-23-11-9-18/h4-7,13H,8-12H2,1-3H3,(H,19,20,21). The van der Waals surface area contributed by atoms with Crippen molar-refractivity contribution in [3.8, 4) is 0 Å². The average Bonchev–Trinajstić information content (AvgIpc) is 3.05. The Morgan fingerprint density at radius 2 is 1.91 bits per heavy atom. The summed E-state index contributed by atoms with van der Waals surface area (Å²) in [6.45, 7) is 5.79. The Balaban J connectivity index is 1.74. The number of aromatic nitrogens is 3. The number of rotatable bonds is 5. The van der Waals surface area contributed by atoms with Crippen LogP contribution in [0, 0.1) is 0 Å². The number of hydrogen-bond donors (Lipinski definition) is 1.